The molecule has 1 N–H and O–H groups in total. The Hall–Kier alpha value is -2.31. The number of hydrogen-bond donors (Lipinski definition) is 1. The normalized spacial score (nSPS) is 21.8. The van der Waals surface area contributed by atoms with Crippen LogP contribution >= 0.6 is 0 Å². The highest BCUT2D eigenvalue weighted by molar-refractivity contribution is 6.35. The van der Waals surface area contributed by atoms with E-state index in [0.29, 0.717) is 23.3 Å². The summed E-state index contributed by atoms with van der Waals surface area (Å²) in [7, 11) is 3.60. The molecule has 1 aromatic heterocycles. The zero-order valence-electron chi connectivity index (χ0n) is 18.5. The number of nitrogens with one attached hydrogen (secondary N) is 1. The number of likely N-dealkylation sites (N-methyl/N-ethyl adjacent to an activating group) is 1. The van der Waals surface area contributed by atoms with Gasteiger partial charge in [-0.2, -0.15) is 0 Å². The van der Waals surface area contributed by atoms with Crippen LogP contribution in [0.15, 0.2) is 10.5 Å². The molecule has 0 saturated heterocycles. The number of aryl methyl sites for hydroxylation is 2. The summed E-state index contributed by atoms with van der Waals surface area (Å²) in [6, 6.07) is 0.179. The summed E-state index contributed by atoms with van der Waals surface area (Å²) < 4.78 is 1.42. The first kappa shape index (κ1) is 20.9. The largest absolute Gasteiger partial charge is 0.366 e. The molecule has 4 rings (SSSR count). The minimum absolute atomic E-state index is 0.0566. The molecule has 0 unspecified atom stereocenters. The average Bonchev–Trinajstić information content (AvgIpc) is 3.20. The van der Waals surface area contributed by atoms with E-state index in [1.165, 1.54) is 16.0 Å². The minimum Gasteiger partial charge on any atom is -0.366 e. The zero-order chi connectivity index (χ0) is 21.4. The quantitative estimate of drug-likeness (QED) is 0.752. The molecular weight excluding hydrogens is 380 g/mol. The monoisotopic (exact) mass is 414 g/mol. The fraction of sp³-hybridized carbons (Fsp3) is 0.696. The van der Waals surface area contributed by atoms with Gasteiger partial charge in [-0.3, -0.25) is 29.1 Å². The molecule has 1 aromatic rings. The topological polar surface area (TPSA) is 78.4 Å². The molecule has 3 aliphatic rings. The van der Waals surface area contributed by atoms with Gasteiger partial charge in [-0.15, -0.1) is 0 Å². The molecule has 2 aliphatic carbocycles. The number of aromatic nitrogens is 2. The molecule has 2 heterocycles. The summed E-state index contributed by atoms with van der Waals surface area (Å²) in [6.07, 6.45) is 11.1. The van der Waals surface area contributed by atoms with Crippen molar-refractivity contribution in [2.24, 2.45) is 7.05 Å². The highest BCUT2D eigenvalue weighted by Crippen LogP contribution is 2.37. The SMILES string of the molecule is CCc1[nH]n(C)c(=O)c1C1=C(N(C)C2CCCCC2)C(=O)N(C2CCCCC2)C1=O. The number of nitrogens with zero attached hydrogens (tertiary/aromatic N) is 3. The van der Waals surface area contributed by atoms with Crippen molar-refractivity contribution >= 4 is 17.4 Å². The molecule has 7 nitrogen and oxygen atoms in total. The summed E-state index contributed by atoms with van der Waals surface area (Å²) in [6.45, 7) is 1.96. The number of rotatable bonds is 5. The number of H-pyrrole nitrogens is 1. The molecule has 0 aromatic carbocycles. The Balaban J connectivity index is 1.83. The summed E-state index contributed by atoms with van der Waals surface area (Å²) in [5.74, 6) is -0.490. The van der Waals surface area contributed by atoms with Crippen LogP contribution in [0, 0.1) is 0 Å². The van der Waals surface area contributed by atoms with Crippen LogP contribution in [0.5, 0.6) is 0 Å². The lowest BCUT2D eigenvalue weighted by Crippen LogP contribution is -2.44. The van der Waals surface area contributed by atoms with E-state index in [2.05, 4.69) is 5.10 Å². The van der Waals surface area contributed by atoms with E-state index < -0.39 is 0 Å². The zero-order valence-corrected chi connectivity index (χ0v) is 18.5. The second kappa shape index (κ2) is 8.44. The predicted molar refractivity (Wildman–Crippen MR) is 116 cm³/mol. The Labute approximate surface area is 178 Å². The van der Waals surface area contributed by atoms with Crippen molar-refractivity contribution in [2.45, 2.75) is 89.6 Å². The van der Waals surface area contributed by atoms with E-state index in [-0.39, 0.29) is 29.5 Å². The van der Waals surface area contributed by atoms with Crippen molar-refractivity contribution in [3.8, 4) is 0 Å². The molecule has 0 spiro atoms. The average molecular weight is 415 g/mol. The van der Waals surface area contributed by atoms with Gasteiger partial charge in [-0.05, 0) is 32.1 Å². The molecule has 0 bridgehead atoms. The van der Waals surface area contributed by atoms with Crippen LogP contribution in [-0.2, 0) is 23.1 Å². The molecule has 2 amide bonds. The molecule has 2 saturated carbocycles. The molecular formula is C23H34N4O3. The van der Waals surface area contributed by atoms with E-state index in [9.17, 15) is 14.4 Å². The Morgan fingerprint density at radius 1 is 0.933 bits per heavy atom. The number of carbonyl (C=O) groups is 2. The summed E-state index contributed by atoms with van der Waals surface area (Å²) in [5.41, 5.74) is 1.62. The van der Waals surface area contributed by atoms with Gasteiger partial charge in [0.2, 0.25) is 0 Å². The van der Waals surface area contributed by atoms with Gasteiger partial charge in [0.25, 0.3) is 17.4 Å². The standard InChI is InChI=1S/C23H34N4O3/c1-4-17-18(21(28)26(3)24-17)19-20(25(2)15-11-7-5-8-12-15)23(30)27(22(19)29)16-13-9-6-10-14-16/h15-16,24H,4-14H2,1-3H3. The highest BCUT2D eigenvalue weighted by atomic mass is 16.2. The Kier molecular flexibility index (Phi) is 5.89. The van der Waals surface area contributed by atoms with Crippen LogP contribution in [-0.4, -0.2) is 50.5 Å². The van der Waals surface area contributed by atoms with Crippen molar-refractivity contribution in [1.82, 2.24) is 19.6 Å². The van der Waals surface area contributed by atoms with Crippen molar-refractivity contribution in [2.75, 3.05) is 7.05 Å². The third-order valence-electron chi connectivity index (χ3n) is 7.23. The van der Waals surface area contributed by atoms with E-state index >= 15 is 0 Å². The fourth-order valence-corrected chi connectivity index (χ4v) is 5.53. The van der Waals surface area contributed by atoms with Gasteiger partial charge in [0.1, 0.15) is 5.70 Å². The fourth-order valence-electron chi connectivity index (χ4n) is 5.53. The van der Waals surface area contributed by atoms with Gasteiger partial charge in [0.05, 0.1) is 11.1 Å². The van der Waals surface area contributed by atoms with Crippen LogP contribution in [0.1, 0.15) is 82.4 Å². The molecule has 0 radical (unpaired) electrons. The molecule has 1 aliphatic heterocycles. The Morgan fingerprint density at radius 2 is 1.53 bits per heavy atom. The van der Waals surface area contributed by atoms with Crippen LogP contribution in [0.4, 0.5) is 0 Å². The molecule has 2 fully saturated rings. The summed E-state index contributed by atoms with van der Waals surface area (Å²) >= 11 is 0. The van der Waals surface area contributed by atoms with Gasteiger partial charge in [-0.1, -0.05) is 45.4 Å². The smallest absolute Gasteiger partial charge is 0.278 e. The third-order valence-corrected chi connectivity index (χ3v) is 7.23. The van der Waals surface area contributed by atoms with Crippen LogP contribution in [0.25, 0.3) is 5.57 Å². The van der Waals surface area contributed by atoms with E-state index in [4.69, 9.17) is 0 Å². The van der Waals surface area contributed by atoms with Crippen molar-refractivity contribution in [3.63, 3.8) is 0 Å². The first-order chi connectivity index (χ1) is 14.5. The van der Waals surface area contributed by atoms with Crippen LogP contribution in [0.3, 0.4) is 0 Å². The molecule has 164 valence electrons. The maximum Gasteiger partial charge on any atom is 0.278 e. The number of imide groups is 1. The van der Waals surface area contributed by atoms with E-state index in [1.807, 2.05) is 18.9 Å². The number of amides is 2. The van der Waals surface area contributed by atoms with Gasteiger partial charge in [0.15, 0.2) is 0 Å². The highest BCUT2D eigenvalue weighted by Gasteiger charge is 2.47. The van der Waals surface area contributed by atoms with Gasteiger partial charge >= 0.3 is 0 Å². The second-order valence-electron chi connectivity index (χ2n) is 9.08. The third kappa shape index (κ3) is 3.42. The maximum atomic E-state index is 13.7. The summed E-state index contributed by atoms with van der Waals surface area (Å²) in [5, 5.41) is 3.08. The van der Waals surface area contributed by atoms with Gasteiger partial charge in [-0.25, -0.2) is 0 Å². The number of aromatic amines is 1. The first-order valence-electron chi connectivity index (χ1n) is 11.6. The predicted octanol–water partition coefficient (Wildman–Crippen LogP) is 2.95. The number of carbonyl (C=O) groups excluding carboxylic acids is 2. The van der Waals surface area contributed by atoms with E-state index in [0.717, 1.165) is 63.5 Å². The molecule has 30 heavy (non-hydrogen) atoms. The first-order valence-corrected chi connectivity index (χ1v) is 11.6. The number of hydrogen-bond acceptors (Lipinski definition) is 4. The lowest BCUT2D eigenvalue weighted by Gasteiger charge is -2.34. The van der Waals surface area contributed by atoms with Crippen molar-refractivity contribution < 1.29 is 9.59 Å². The van der Waals surface area contributed by atoms with E-state index in [1.54, 1.807) is 7.05 Å². The van der Waals surface area contributed by atoms with Crippen LogP contribution < -0.4 is 5.56 Å². The summed E-state index contributed by atoms with van der Waals surface area (Å²) in [4.78, 5) is 43.9. The molecule has 7 heteroatoms. The second-order valence-corrected chi connectivity index (χ2v) is 9.08. The van der Waals surface area contributed by atoms with Gasteiger partial charge < -0.3 is 4.90 Å². The maximum absolute atomic E-state index is 13.7. The molecule has 0 atom stereocenters. The lowest BCUT2D eigenvalue weighted by molar-refractivity contribution is -0.141. The Morgan fingerprint density at radius 3 is 2.13 bits per heavy atom. The van der Waals surface area contributed by atoms with Crippen molar-refractivity contribution in [1.29, 1.82) is 0 Å². The van der Waals surface area contributed by atoms with Gasteiger partial charge in [0, 0.05) is 31.9 Å². The lowest BCUT2D eigenvalue weighted by atomic mass is 9.93. The van der Waals surface area contributed by atoms with Crippen LogP contribution in [0.2, 0.25) is 0 Å². The van der Waals surface area contributed by atoms with Crippen molar-refractivity contribution in [3.05, 3.63) is 27.3 Å². The Bertz CT molecular complexity index is 913. The minimum atomic E-state index is -0.282.